The molecule has 5 nitrogen and oxygen atoms in total. The lowest BCUT2D eigenvalue weighted by Crippen LogP contribution is -2.21. The molecule has 0 spiro atoms. The fourth-order valence-corrected chi connectivity index (χ4v) is 3.58. The second kappa shape index (κ2) is 8.56. The number of amides is 2. The number of hydrogen-bond acceptors (Lipinski definition) is 5. The molecular formula is C19H15ClN2O3S2. The maximum atomic E-state index is 12.2. The molecule has 0 bridgehead atoms. The van der Waals surface area contributed by atoms with E-state index in [1.807, 2.05) is 31.2 Å². The average molecular weight is 419 g/mol. The lowest BCUT2D eigenvalue weighted by atomic mass is 10.2. The van der Waals surface area contributed by atoms with Gasteiger partial charge in [-0.2, -0.15) is 0 Å². The van der Waals surface area contributed by atoms with Gasteiger partial charge in [-0.1, -0.05) is 53.8 Å². The van der Waals surface area contributed by atoms with Gasteiger partial charge in [0.05, 0.1) is 4.91 Å². The van der Waals surface area contributed by atoms with Crippen LogP contribution in [0.2, 0.25) is 5.02 Å². The molecule has 0 atom stereocenters. The van der Waals surface area contributed by atoms with E-state index in [2.05, 4.69) is 10.6 Å². The minimum absolute atomic E-state index is 0.177. The highest BCUT2D eigenvalue weighted by Gasteiger charge is 2.22. The van der Waals surface area contributed by atoms with Gasteiger partial charge in [-0.3, -0.25) is 9.59 Å². The molecule has 2 aromatic carbocycles. The van der Waals surface area contributed by atoms with Crippen molar-refractivity contribution in [1.82, 2.24) is 5.32 Å². The van der Waals surface area contributed by atoms with Crippen molar-refractivity contribution in [1.29, 1.82) is 0 Å². The van der Waals surface area contributed by atoms with E-state index < -0.39 is 0 Å². The number of aryl methyl sites for hydroxylation is 1. The number of ether oxygens (including phenoxy) is 1. The number of rotatable bonds is 5. The van der Waals surface area contributed by atoms with E-state index in [4.69, 9.17) is 28.6 Å². The highest BCUT2D eigenvalue weighted by Crippen LogP contribution is 2.31. The van der Waals surface area contributed by atoms with Gasteiger partial charge in [0.15, 0.2) is 6.61 Å². The van der Waals surface area contributed by atoms with E-state index in [0.29, 0.717) is 25.6 Å². The largest absolute Gasteiger partial charge is 0.483 e. The standard InChI is InChI=1S/C19H15ClN2O3S2/c1-11-4-2-3-5-14(11)21-17(23)10-25-15-7-6-13(20)8-12(15)9-16-18(24)22-19(26)27-16/h2-9H,10H2,1H3,(H,21,23)(H,22,24,26)/b16-9-. The summed E-state index contributed by atoms with van der Waals surface area (Å²) in [6, 6.07) is 12.5. The summed E-state index contributed by atoms with van der Waals surface area (Å²) in [7, 11) is 0. The summed E-state index contributed by atoms with van der Waals surface area (Å²) < 4.78 is 6.05. The Morgan fingerprint density at radius 3 is 2.81 bits per heavy atom. The molecule has 2 N–H and O–H groups in total. The van der Waals surface area contributed by atoms with E-state index in [9.17, 15) is 9.59 Å². The molecule has 2 aromatic rings. The fourth-order valence-electron chi connectivity index (χ4n) is 2.37. The van der Waals surface area contributed by atoms with E-state index in [-0.39, 0.29) is 18.4 Å². The molecule has 2 amide bonds. The Morgan fingerprint density at radius 2 is 2.11 bits per heavy atom. The molecular weight excluding hydrogens is 404 g/mol. The molecule has 8 heteroatoms. The zero-order valence-electron chi connectivity index (χ0n) is 14.2. The Labute approximate surface area is 171 Å². The van der Waals surface area contributed by atoms with E-state index in [1.165, 1.54) is 0 Å². The molecule has 0 radical (unpaired) electrons. The Balaban J connectivity index is 1.73. The van der Waals surface area contributed by atoms with Gasteiger partial charge in [0.25, 0.3) is 11.8 Å². The smallest absolute Gasteiger partial charge is 0.263 e. The maximum Gasteiger partial charge on any atom is 0.263 e. The number of halogens is 1. The third kappa shape index (κ3) is 5.09. The summed E-state index contributed by atoms with van der Waals surface area (Å²) in [5, 5.41) is 5.85. The molecule has 1 fully saturated rings. The second-order valence-corrected chi connectivity index (χ2v) is 7.84. The number of carbonyl (C=O) groups excluding carboxylic acids is 2. The summed E-state index contributed by atoms with van der Waals surface area (Å²) in [5.41, 5.74) is 2.29. The number of benzene rings is 2. The monoisotopic (exact) mass is 418 g/mol. The van der Waals surface area contributed by atoms with Crippen LogP contribution in [0.4, 0.5) is 5.69 Å². The molecule has 0 aliphatic carbocycles. The van der Waals surface area contributed by atoms with Crippen LogP contribution in [0.5, 0.6) is 5.75 Å². The number of para-hydroxylation sites is 1. The van der Waals surface area contributed by atoms with Crippen LogP contribution in [0.1, 0.15) is 11.1 Å². The SMILES string of the molecule is Cc1ccccc1NC(=O)COc1ccc(Cl)cc1/C=C1\SC(=S)NC1=O. The van der Waals surface area contributed by atoms with Gasteiger partial charge >= 0.3 is 0 Å². The van der Waals surface area contributed by atoms with Crippen molar-refractivity contribution >= 4 is 63.5 Å². The van der Waals surface area contributed by atoms with Gasteiger partial charge in [-0.15, -0.1) is 0 Å². The molecule has 27 heavy (non-hydrogen) atoms. The number of carbonyl (C=O) groups is 2. The Bertz CT molecular complexity index is 960. The zero-order chi connectivity index (χ0) is 19.4. The van der Waals surface area contributed by atoms with Crippen molar-refractivity contribution in [2.45, 2.75) is 6.92 Å². The zero-order valence-corrected chi connectivity index (χ0v) is 16.6. The molecule has 0 aromatic heterocycles. The third-order valence-electron chi connectivity index (χ3n) is 3.68. The van der Waals surface area contributed by atoms with Crippen LogP contribution in [0.3, 0.4) is 0 Å². The third-order valence-corrected chi connectivity index (χ3v) is 5.08. The summed E-state index contributed by atoms with van der Waals surface area (Å²) >= 11 is 12.2. The van der Waals surface area contributed by atoms with Crippen molar-refractivity contribution in [2.24, 2.45) is 0 Å². The summed E-state index contributed by atoms with van der Waals surface area (Å²) in [5.74, 6) is -0.113. The van der Waals surface area contributed by atoms with Crippen LogP contribution >= 0.6 is 35.6 Å². The first-order chi connectivity index (χ1) is 12.9. The molecule has 3 rings (SSSR count). The first-order valence-corrected chi connectivity index (χ1v) is 9.55. The van der Waals surface area contributed by atoms with Crippen LogP contribution < -0.4 is 15.4 Å². The Kier molecular flexibility index (Phi) is 6.15. The molecule has 1 saturated heterocycles. The van der Waals surface area contributed by atoms with Crippen molar-refractivity contribution in [3.63, 3.8) is 0 Å². The van der Waals surface area contributed by atoms with Crippen molar-refractivity contribution in [3.05, 3.63) is 63.5 Å². The van der Waals surface area contributed by atoms with Gasteiger partial charge in [0.1, 0.15) is 10.1 Å². The normalized spacial score (nSPS) is 15.0. The quantitative estimate of drug-likeness (QED) is 0.563. The summed E-state index contributed by atoms with van der Waals surface area (Å²) in [4.78, 5) is 24.5. The van der Waals surface area contributed by atoms with Gasteiger partial charge in [-0.25, -0.2) is 0 Å². The average Bonchev–Trinajstić information content (AvgIpc) is 2.93. The van der Waals surface area contributed by atoms with Crippen molar-refractivity contribution in [3.8, 4) is 5.75 Å². The van der Waals surface area contributed by atoms with E-state index in [1.54, 1.807) is 24.3 Å². The minimum Gasteiger partial charge on any atom is -0.483 e. The second-order valence-electron chi connectivity index (χ2n) is 5.69. The molecule has 0 unspecified atom stereocenters. The number of thiocarbonyl (C=S) groups is 1. The molecule has 1 aliphatic heterocycles. The Morgan fingerprint density at radius 1 is 1.33 bits per heavy atom. The van der Waals surface area contributed by atoms with Gasteiger partial charge < -0.3 is 15.4 Å². The highest BCUT2D eigenvalue weighted by molar-refractivity contribution is 8.26. The fraction of sp³-hybridized carbons (Fsp3) is 0.105. The number of thioether (sulfide) groups is 1. The number of nitrogens with one attached hydrogen (secondary N) is 2. The van der Waals surface area contributed by atoms with Gasteiger partial charge in [0, 0.05) is 16.3 Å². The van der Waals surface area contributed by atoms with E-state index in [0.717, 1.165) is 23.0 Å². The van der Waals surface area contributed by atoms with Crippen LogP contribution in [-0.4, -0.2) is 22.7 Å². The molecule has 0 saturated carbocycles. The number of hydrogen-bond donors (Lipinski definition) is 2. The first-order valence-electron chi connectivity index (χ1n) is 7.95. The number of anilines is 1. The Hall–Kier alpha value is -2.35. The topological polar surface area (TPSA) is 67.4 Å². The van der Waals surface area contributed by atoms with Crippen LogP contribution in [0.25, 0.3) is 6.08 Å². The van der Waals surface area contributed by atoms with Crippen molar-refractivity contribution < 1.29 is 14.3 Å². The maximum absolute atomic E-state index is 12.2. The van der Waals surface area contributed by atoms with Crippen LogP contribution in [0.15, 0.2) is 47.4 Å². The predicted molar refractivity (Wildman–Crippen MR) is 113 cm³/mol. The molecule has 1 aliphatic rings. The predicted octanol–water partition coefficient (Wildman–Crippen LogP) is 4.15. The highest BCUT2D eigenvalue weighted by atomic mass is 35.5. The van der Waals surface area contributed by atoms with Gasteiger partial charge in [-0.05, 0) is 42.8 Å². The first kappa shape index (κ1) is 19.4. The lowest BCUT2D eigenvalue weighted by Gasteiger charge is -2.11. The lowest BCUT2D eigenvalue weighted by molar-refractivity contribution is -0.118. The minimum atomic E-state index is -0.285. The summed E-state index contributed by atoms with van der Waals surface area (Å²) in [6.45, 7) is 1.73. The molecule has 138 valence electrons. The van der Waals surface area contributed by atoms with E-state index >= 15 is 0 Å². The molecule has 1 heterocycles. The van der Waals surface area contributed by atoms with Crippen LogP contribution in [-0.2, 0) is 9.59 Å². The summed E-state index contributed by atoms with van der Waals surface area (Å²) in [6.07, 6.45) is 1.64. The van der Waals surface area contributed by atoms with Crippen LogP contribution in [0, 0.1) is 6.92 Å². The van der Waals surface area contributed by atoms with Crippen molar-refractivity contribution in [2.75, 3.05) is 11.9 Å². The van der Waals surface area contributed by atoms with Gasteiger partial charge in [0.2, 0.25) is 0 Å².